The summed E-state index contributed by atoms with van der Waals surface area (Å²) in [5, 5.41) is 25.5. The van der Waals surface area contributed by atoms with Crippen LogP contribution in [-0.4, -0.2) is 60.2 Å². The van der Waals surface area contributed by atoms with E-state index in [1.54, 1.807) is 0 Å². The molecule has 0 heterocycles. The maximum Gasteiger partial charge on any atom is 0.202 e. The van der Waals surface area contributed by atoms with Crippen molar-refractivity contribution in [3.05, 3.63) is 0 Å². The molecule has 0 aliphatic heterocycles. The van der Waals surface area contributed by atoms with Crippen LogP contribution in [0.3, 0.4) is 0 Å². The maximum atomic E-state index is 9.53. The fraction of sp³-hybridized carbons (Fsp3) is 1.00. The van der Waals surface area contributed by atoms with Crippen molar-refractivity contribution in [3.8, 4) is 0 Å². The Bertz CT molecular complexity index is 346. The second-order valence-electron chi connectivity index (χ2n) is 5.96. The highest BCUT2D eigenvalue weighted by Crippen LogP contribution is 2.07. The first-order chi connectivity index (χ1) is 10.6. The summed E-state index contributed by atoms with van der Waals surface area (Å²) >= 11 is 0. The molecule has 4 N–H and O–H groups in total. The van der Waals surface area contributed by atoms with E-state index in [2.05, 4.69) is 6.92 Å². The zero-order valence-corrected chi connectivity index (χ0v) is 15.5. The topological polar surface area (TPSA) is 122 Å². The summed E-state index contributed by atoms with van der Waals surface area (Å²) in [6.45, 7) is 4.64. The van der Waals surface area contributed by atoms with Crippen LogP contribution < -0.4 is 4.90 Å². The molecule has 0 aliphatic carbocycles. The van der Waals surface area contributed by atoms with Crippen LogP contribution >= 0.6 is 0 Å². The Morgan fingerprint density at radius 2 is 1.35 bits per heavy atom. The second-order valence-corrected chi connectivity index (χ2v) is 7.63. The highest BCUT2D eigenvalue weighted by Gasteiger charge is 2.06. The SMILES string of the molecule is CC(O)S(=O)(=O)[O-].CCCCCCCCCC[NH+](C)CC(O)O. The Morgan fingerprint density at radius 3 is 1.70 bits per heavy atom. The molecule has 0 rings (SSSR count). The highest BCUT2D eigenvalue weighted by atomic mass is 32.2. The summed E-state index contributed by atoms with van der Waals surface area (Å²) in [6, 6.07) is 0. The molecule has 2 unspecified atom stereocenters. The first-order valence-corrected chi connectivity index (χ1v) is 9.88. The van der Waals surface area contributed by atoms with Gasteiger partial charge in [0.1, 0.15) is 22.1 Å². The highest BCUT2D eigenvalue weighted by molar-refractivity contribution is 7.86. The summed E-state index contributed by atoms with van der Waals surface area (Å²) < 4.78 is 28.6. The number of aliphatic hydroxyl groups excluding tert-OH is 2. The lowest BCUT2D eigenvalue weighted by molar-refractivity contribution is -0.886. The Balaban J connectivity index is 0. The zero-order valence-electron chi connectivity index (χ0n) is 14.7. The number of unbranched alkanes of at least 4 members (excludes halogenated alkanes) is 7. The fourth-order valence-electron chi connectivity index (χ4n) is 1.97. The van der Waals surface area contributed by atoms with Crippen LogP contribution in [0.25, 0.3) is 0 Å². The number of aliphatic hydroxyl groups is 3. The van der Waals surface area contributed by atoms with E-state index in [4.69, 9.17) is 15.3 Å². The number of nitrogens with one attached hydrogen (secondary N) is 1. The molecular formula is C15H35NO6S. The number of quaternary nitrogens is 1. The summed E-state index contributed by atoms with van der Waals surface area (Å²) in [6.07, 6.45) is 9.48. The Kier molecular flexibility index (Phi) is 16.6. The summed E-state index contributed by atoms with van der Waals surface area (Å²) in [4.78, 5) is 1.21. The summed E-state index contributed by atoms with van der Waals surface area (Å²) in [5.74, 6) is 0. The third-order valence-electron chi connectivity index (χ3n) is 3.41. The summed E-state index contributed by atoms with van der Waals surface area (Å²) in [5.41, 5.74) is -1.78. The third kappa shape index (κ3) is 21.8. The average Bonchev–Trinajstić information content (AvgIpc) is 2.40. The minimum Gasteiger partial charge on any atom is -0.746 e. The van der Waals surface area contributed by atoms with Crippen LogP contribution in [-0.2, 0) is 10.1 Å². The zero-order chi connectivity index (χ0) is 18.3. The minimum atomic E-state index is -4.44. The van der Waals surface area contributed by atoms with Crippen LogP contribution in [0.2, 0.25) is 0 Å². The normalized spacial score (nSPS) is 14.3. The average molecular weight is 358 g/mol. The molecular weight excluding hydrogens is 322 g/mol. The van der Waals surface area contributed by atoms with Gasteiger partial charge in [-0.15, -0.1) is 0 Å². The lowest BCUT2D eigenvalue weighted by Gasteiger charge is -2.14. The van der Waals surface area contributed by atoms with Crippen molar-refractivity contribution in [2.24, 2.45) is 0 Å². The molecule has 0 fully saturated rings. The molecule has 0 aliphatic rings. The predicted octanol–water partition coefficient (Wildman–Crippen LogP) is -0.178. The lowest BCUT2D eigenvalue weighted by atomic mass is 10.1. The number of hydrogen-bond donors (Lipinski definition) is 4. The molecule has 8 heteroatoms. The first kappa shape index (κ1) is 25.0. The molecule has 0 spiro atoms. The molecule has 0 radical (unpaired) electrons. The van der Waals surface area contributed by atoms with Crippen molar-refractivity contribution in [1.29, 1.82) is 0 Å². The molecule has 0 aromatic heterocycles. The third-order valence-corrected chi connectivity index (χ3v) is 4.24. The molecule has 0 bridgehead atoms. The predicted molar refractivity (Wildman–Crippen MR) is 88.8 cm³/mol. The summed E-state index contributed by atoms with van der Waals surface area (Å²) in [7, 11) is -2.42. The van der Waals surface area contributed by atoms with E-state index in [9.17, 15) is 13.0 Å². The van der Waals surface area contributed by atoms with Gasteiger partial charge in [0.15, 0.2) is 0 Å². The van der Waals surface area contributed by atoms with Crippen molar-refractivity contribution in [1.82, 2.24) is 0 Å². The largest absolute Gasteiger partial charge is 0.746 e. The number of rotatable bonds is 12. The van der Waals surface area contributed by atoms with Crippen LogP contribution in [0.5, 0.6) is 0 Å². The smallest absolute Gasteiger partial charge is 0.202 e. The number of hydrogen-bond acceptors (Lipinski definition) is 6. The van der Waals surface area contributed by atoms with Gasteiger partial charge >= 0.3 is 0 Å². The van der Waals surface area contributed by atoms with Gasteiger partial charge in [-0.3, -0.25) is 0 Å². The molecule has 142 valence electrons. The number of likely N-dealkylation sites (N-methyl/N-ethyl adjacent to an activating group) is 1. The molecule has 0 saturated heterocycles. The monoisotopic (exact) mass is 357 g/mol. The molecule has 0 amide bonds. The van der Waals surface area contributed by atoms with Crippen LogP contribution in [0.4, 0.5) is 0 Å². The Morgan fingerprint density at radius 1 is 0.957 bits per heavy atom. The van der Waals surface area contributed by atoms with Gasteiger partial charge in [-0.25, -0.2) is 8.42 Å². The molecule has 23 heavy (non-hydrogen) atoms. The van der Waals surface area contributed by atoms with Gasteiger partial charge in [0.25, 0.3) is 0 Å². The van der Waals surface area contributed by atoms with E-state index < -0.39 is 21.8 Å². The van der Waals surface area contributed by atoms with Crippen molar-refractivity contribution < 1.29 is 33.2 Å². The quantitative estimate of drug-likeness (QED) is 0.218. The van der Waals surface area contributed by atoms with Crippen molar-refractivity contribution in [2.45, 2.75) is 76.9 Å². The lowest BCUT2D eigenvalue weighted by Crippen LogP contribution is -3.10. The maximum absolute atomic E-state index is 9.53. The van der Waals surface area contributed by atoms with Crippen LogP contribution in [0, 0.1) is 0 Å². The van der Waals surface area contributed by atoms with Crippen molar-refractivity contribution in [3.63, 3.8) is 0 Å². The van der Waals surface area contributed by atoms with E-state index in [-0.39, 0.29) is 0 Å². The Hall–Kier alpha value is -0.250. The van der Waals surface area contributed by atoms with Gasteiger partial charge in [0.2, 0.25) is 6.29 Å². The molecule has 0 saturated carbocycles. The molecule has 7 nitrogen and oxygen atoms in total. The molecule has 2 atom stereocenters. The van der Waals surface area contributed by atoms with Gasteiger partial charge in [0.05, 0.1) is 13.6 Å². The van der Waals surface area contributed by atoms with Crippen molar-refractivity contribution >= 4 is 10.1 Å². The molecule has 0 aromatic rings. The van der Waals surface area contributed by atoms with E-state index in [0.717, 1.165) is 13.5 Å². The van der Waals surface area contributed by atoms with E-state index in [1.807, 2.05) is 7.05 Å². The van der Waals surface area contributed by atoms with E-state index in [0.29, 0.717) is 6.54 Å². The van der Waals surface area contributed by atoms with Gasteiger partial charge in [-0.05, 0) is 19.8 Å². The van der Waals surface area contributed by atoms with Crippen LogP contribution in [0.1, 0.15) is 65.2 Å². The minimum absolute atomic E-state index is 0.441. The van der Waals surface area contributed by atoms with Gasteiger partial charge < -0.3 is 24.8 Å². The second kappa shape index (κ2) is 15.3. The Labute approximate surface area is 141 Å². The molecule has 0 aromatic carbocycles. The van der Waals surface area contributed by atoms with Crippen LogP contribution in [0.15, 0.2) is 0 Å². The van der Waals surface area contributed by atoms with E-state index in [1.165, 1.54) is 56.3 Å². The standard InChI is InChI=1S/C13H29NO2.C2H6O4S/c1-3-4-5-6-7-8-9-10-11-14(2)12-13(15)16;1-2(3)7(4,5)6/h13,15-16H,3-12H2,1-2H3;2-3H,1H3,(H,4,5,6). The first-order valence-electron chi connectivity index (χ1n) is 8.41. The van der Waals surface area contributed by atoms with Gasteiger partial charge in [0, 0.05) is 0 Å². The van der Waals surface area contributed by atoms with Gasteiger partial charge in [-0.2, -0.15) is 0 Å². The van der Waals surface area contributed by atoms with Gasteiger partial charge in [-0.1, -0.05) is 45.4 Å². The van der Waals surface area contributed by atoms with E-state index >= 15 is 0 Å². The van der Waals surface area contributed by atoms with Crippen molar-refractivity contribution in [2.75, 3.05) is 20.1 Å². The fourth-order valence-corrected chi connectivity index (χ4v) is 1.97.